The SMILES string of the molecule is C[C@H](c1ccccc1)c1cccc([C@H](C)C(=O)O)c1. The molecule has 2 atom stereocenters. The van der Waals surface area contributed by atoms with E-state index in [1.807, 2.05) is 36.4 Å². The van der Waals surface area contributed by atoms with E-state index < -0.39 is 11.9 Å². The van der Waals surface area contributed by atoms with Crippen molar-refractivity contribution in [2.75, 3.05) is 0 Å². The number of carbonyl (C=O) groups is 1. The van der Waals surface area contributed by atoms with E-state index in [2.05, 4.69) is 25.1 Å². The smallest absolute Gasteiger partial charge is 0.310 e. The number of rotatable bonds is 4. The zero-order chi connectivity index (χ0) is 13.8. The second-order valence-corrected chi connectivity index (χ2v) is 4.86. The highest BCUT2D eigenvalue weighted by Crippen LogP contribution is 2.26. The van der Waals surface area contributed by atoms with Crippen molar-refractivity contribution in [3.8, 4) is 0 Å². The minimum absolute atomic E-state index is 0.266. The molecule has 2 rings (SSSR count). The summed E-state index contributed by atoms with van der Waals surface area (Å²) in [4.78, 5) is 11.1. The molecule has 98 valence electrons. The molecule has 0 aliphatic carbocycles. The summed E-state index contributed by atoms with van der Waals surface area (Å²) >= 11 is 0. The average molecular weight is 254 g/mol. The number of hydrogen-bond donors (Lipinski definition) is 1. The Kier molecular flexibility index (Phi) is 4.00. The van der Waals surface area contributed by atoms with Crippen LogP contribution >= 0.6 is 0 Å². The van der Waals surface area contributed by atoms with E-state index in [-0.39, 0.29) is 5.92 Å². The lowest BCUT2D eigenvalue weighted by Gasteiger charge is -2.15. The van der Waals surface area contributed by atoms with Gasteiger partial charge in [-0.15, -0.1) is 0 Å². The summed E-state index contributed by atoms with van der Waals surface area (Å²) in [5.41, 5.74) is 3.24. The molecule has 0 heterocycles. The van der Waals surface area contributed by atoms with Gasteiger partial charge in [0.2, 0.25) is 0 Å². The maximum absolute atomic E-state index is 11.1. The Morgan fingerprint density at radius 2 is 1.47 bits per heavy atom. The van der Waals surface area contributed by atoms with Gasteiger partial charge in [-0.2, -0.15) is 0 Å². The Balaban J connectivity index is 2.31. The normalized spacial score (nSPS) is 13.8. The first kappa shape index (κ1) is 13.3. The first-order valence-corrected chi connectivity index (χ1v) is 6.47. The first-order valence-electron chi connectivity index (χ1n) is 6.47. The molecule has 0 amide bonds. The van der Waals surface area contributed by atoms with Gasteiger partial charge in [0.05, 0.1) is 5.92 Å². The van der Waals surface area contributed by atoms with Crippen LogP contribution < -0.4 is 0 Å². The van der Waals surface area contributed by atoms with Crippen LogP contribution in [-0.4, -0.2) is 11.1 Å². The Morgan fingerprint density at radius 1 is 0.895 bits per heavy atom. The number of hydrogen-bond acceptors (Lipinski definition) is 1. The summed E-state index contributed by atoms with van der Waals surface area (Å²) in [6.07, 6.45) is 0. The zero-order valence-electron chi connectivity index (χ0n) is 11.2. The van der Waals surface area contributed by atoms with Crippen molar-refractivity contribution in [2.24, 2.45) is 0 Å². The number of aliphatic carboxylic acids is 1. The fourth-order valence-corrected chi connectivity index (χ4v) is 2.17. The summed E-state index contributed by atoms with van der Waals surface area (Å²) < 4.78 is 0. The average Bonchev–Trinajstić information content (AvgIpc) is 2.46. The van der Waals surface area contributed by atoms with Gasteiger partial charge in [0, 0.05) is 5.92 Å². The van der Waals surface area contributed by atoms with Crippen LogP contribution in [0.15, 0.2) is 54.6 Å². The Morgan fingerprint density at radius 3 is 2.11 bits per heavy atom. The fraction of sp³-hybridized carbons (Fsp3) is 0.235. The predicted octanol–water partition coefficient (Wildman–Crippen LogP) is 4.03. The van der Waals surface area contributed by atoms with Crippen molar-refractivity contribution in [2.45, 2.75) is 25.7 Å². The molecule has 0 radical (unpaired) electrons. The molecule has 0 aliphatic rings. The summed E-state index contributed by atoms with van der Waals surface area (Å²) in [6, 6.07) is 18.1. The van der Waals surface area contributed by atoms with Gasteiger partial charge in [-0.25, -0.2) is 0 Å². The quantitative estimate of drug-likeness (QED) is 0.894. The molecule has 2 aromatic rings. The van der Waals surface area contributed by atoms with Crippen LogP contribution in [0.4, 0.5) is 0 Å². The van der Waals surface area contributed by atoms with E-state index in [9.17, 15) is 4.79 Å². The van der Waals surface area contributed by atoms with Crippen LogP contribution in [0.3, 0.4) is 0 Å². The van der Waals surface area contributed by atoms with Gasteiger partial charge in [-0.05, 0) is 23.6 Å². The lowest BCUT2D eigenvalue weighted by atomic mass is 9.90. The molecule has 1 N–H and O–H groups in total. The van der Waals surface area contributed by atoms with E-state index in [4.69, 9.17) is 5.11 Å². The molecule has 2 nitrogen and oxygen atoms in total. The highest BCUT2D eigenvalue weighted by atomic mass is 16.4. The summed E-state index contributed by atoms with van der Waals surface area (Å²) in [6.45, 7) is 3.86. The molecule has 0 aromatic heterocycles. The summed E-state index contributed by atoms with van der Waals surface area (Å²) in [5.74, 6) is -0.991. The topological polar surface area (TPSA) is 37.3 Å². The van der Waals surface area contributed by atoms with Crippen molar-refractivity contribution in [1.29, 1.82) is 0 Å². The van der Waals surface area contributed by atoms with E-state index in [1.165, 1.54) is 5.56 Å². The van der Waals surface area contributed by atoms with Gasteiger partial charge >= 0.3 is 5.97 Å². The third kappa shape index (κ3) is 3.02. The molecule has 0 unspecified atom stereocenters. The van der Waals surface area contributed by atoms with Crippen molar-refractivity contribution < 1.29 is 9.90 Å². The molecule has 0 aliphatic heterocycles. The molecule has 0 fully saturated rings. The Hall–Kier alpha value is -2.09. The number of carboxylic acid groups (broad SMARTS) is 1. The van der Waals surface area contributed by atoms with E-state index in [0.29, 0.717) is 0 Å². The van der Waals surface area contributed by atoms with Crippen LogP contribution in [0.2, 0.25) is 0 Å². The third-order valence-electron chi connectivity index (χ3n) is 3.58. The highest BCUT2D eigenvalue weighted by molar-refractivity contribution is 5.75. The first-order chi connectivity index (χ1) is 9.09. The van der Waals surface area contributed by atoms with Crippen LogP contribution in [-0.2, 0) is 4.79 Å². The third-order valence-corrected chi connectivity index (χ3v) is 3.58. The lowest BCUT2D eigenvalue weighted by molar-refractivity contribution is -0.138. The van der Waals surface area contributed by atoms with E-state index in [0.717, 1.165) is 11.1 Å². The molecule has 2 heteroatoms. The zero-order valence-corrected chi connectivity index (χ0v) is 11.2. The van der Waals surface area contributed by atoms with Gasteiger partial charge in [0.25, 0.3) is 0 Å². The summed E-state index contributed by atoms with van der Waals surface area (Å²) in [7, 11) is 0. The van der Waals surface area contributed by atoms with Gasteiger partial charge in [-0.3, -0.25) is 4.79 Å². The van der Waals surface area contributed by atoms with Crippen molar-refractivity contribution in [3.63, 3.8) is 0 Å². The van der Waals surface area contributed by atoms with Gasteiger partial charge in [0.1, 0.15) is 0 Å². The molecule has 19 heavy (non-hydrogen) atoms. The van der Waals surface area contributed by atoms with Crippen LogP contribution in [0, 0.1) is 0 Å². The minimum Gasteiger partial charge on any atom is -0.481 e. The highest BCUT2D eigenvalue weighted by Gasteiger charge is 2.15. The molecule has 0 spiro atoms. The van der Waals surface area contributed by atoms with Crippen LogP contribution in [0.1, 0.15) is 42.4 Å². The number of benzene rings is 2. The molecule has 0 saturated carbocycles. The molecule has 0 bridgehead atoms. The maximum Gasteiger partial charge on any atom is 0.310 e. The Bertz CT molecular complexity index is 560. The molecular weight excluding hydrogens is 236 g/mol. The van der Waals surface area contributed by atoms with Crippen molar-refractivity contribution >= 4 is 5.97 Å². The molecule has 2 aromatic carbocycles. The van der Waals surface area contributed by atoms with Crippen molar-refractivity contribution in [3.05, 3.63) is 71.3 Å². The van der Waals surface area contributed by atoms with Crippen LogP contribution in [0.25, 0.3) is 0 Å². The molecular formula is C17H18O2. The van der Waals surface area contributed by atoms with E-state index >= 15 is 0 Å². The number of carboxylic acids is 1. The minimum atomic E-state index is -0.787. The van der Waals surface area contributed by atoms with E-state index in [1.54, 1.807) is 6.92 Å². The van der Waals surface area contributed by atoms with Gasteiger partial charge in [-0.1, -0.05) is 61.5 Å². The second-order valence-electron chi connectivity index (χ2n) is 4.86. The Labute approximate surface area is 113 Å². The molecule has 0 saturated heterocycles. The second kappa shape index (κ2) is 5.70. The van der Waals surface area contributed by atoms with Gasteiger partial charge in [0.15, 0.2) is 0 Å². The standard InChI is InChI=1S/C17H18O2/c1-12(14-7-4-3-5-8-14)15-9-6-10-16(11-15)13(2)17(18)19/h3-13H,1-2H3,(H,18,19)/t12-,13+/m1/s1. The monoisotopic (exact) mass is 254 g/mol. The van der Waals surface area contributed by atoms with Crippen molar-refractivity contribution in [1.82, 2.24) is 0 Å². The lowest BCUT2D eigenvalue weighted by Crippen LogP contribution is -2.08. The predicted molar refractivity (Wildman–Crippen MR) is 76.5 cm³/mol. The maximum atomic E-state index is 11.1. The summed E-state index contributed by atoms with van der Waals surface area (Å²) in [5, 5.41) is 9.08. The largest absolute Gasteiger partial charge is 0.481 e. The fourth-order valence-electron chi connectivity index (χ4n) is 2.17. The van der Waals surface area contributed by atoms with Crippen LogP contribution in [0.5, 0.6) is 0 Å². The van der Waals surface area contributed by atoms with Gasteiger partial charge < -0.3 is 5.11 Å².